The van der Waals surface area contributed by atoms with Gasteiger partial charge in [0.1, 0.15) is 5.75 Å². The van der Waals surface area contributed by atoms with Crippen LogP contribution in [0.4, 0.5) is 5.69 Å². The number of anilines is 1. The van der Waals surface area contributed by atoms with E-state index in [9.17, 15) is 4.79 Å². The molecule has 0 saturated carbocycles. The summed E-state index contributed by atoms with van der Waals surface area (Å²) in [4.78, 5) is 12.4. The van der Waals surface area contributed by atoms with Gasteiger partial charge in [-0.2, -0.15) is 0 Å². The van der Waals surface area contributed by atoms with Crippen LogP contribution in [0.1, 0.15) is 15.9 Å². The number of fused-ring (bicyclic) bond motifs is 1. The molecule has 1 N–H and O–H groups in total. The first-order valence-electron chi connectivity index (χ1n) is 6.45. The predicted octanol–water partition coefficient (Wildman–Crippen LogP) is 3.70. The van der Waals surface area contributed by atoms with Crippen LogP contribution in [0.25, 0.3) is 0 Å². The summed E-state index contributed by atoms with van der Waals surface area (Å²) in [5.74, 6) is 0.643. The molecule has 1 aliphatic rings. The summed E-state index contributed by atoms with van der Waals surface area (Å²) in [6.45, 7) is 2.37. The maximum atomic E-state index is 12.4. The average Bonchev–Trinajstić information content (AvgIpc) is 2.49. The fraction of sp³-hybridized carbons (Fsp3) is 0.188. The molecule has 3 rings (SSSR count). The second-order valence-corrected chi connectivity index (χ2v) is 5.22. The van der Waals surface area contributed by atoms with Crippen LogP contribution in [0.15, 0.2) is 42.5 Å². The van der Waals surface area contributed by atoms with Gasteiger partial charge < -0.3 is 10.1 Å². The molecular formula is C16H14ClNO2. The maximum absolute atomic E-state index is 12.4. The normalized spacial score (nSPS) is 16.8. The number of aryl methyl sites for hydroxylation is 1. The SMILES string of the molecule is Cc1ccc(C(=O)C2CNc3ccccc3O2)cc1Cl. The van der Waals surface area contributed by atoms with Crippen molar-refractivity contribution in [2.75, 3.05) is 11.9 Å². The quantitative estimate of drug-likeness (QED) is 0.856. The van der Waals surface area contributed by atoms with Crippen LogP contribution in [-0.2, 0) is 0 Å². The number of benzene rings is 2. The van der Waals surface area contributed by atoms with E-state index in [1.165, 1.54) is 0 Å². The van der Waals surface area contributed by atoms with Gasteiger partial charge >= 0.3 is 0 Å². The number of Topliss-reactive ketones (excluding diaryl/α,β-unsaturated/α-hetero) is 1. The third-order valence-electron chi connectivity index (χ3n) is 3.38. The van der Waals surface area contributed by atoms with Crippen molar-refractivity contribution in [3.05, 3.63) is 58.6 Å². The molecule has 0 bridgehead atoms. The van der Waals surface area contributed by atoms with Gasteiger partial charge in [0.05, 0.1) is 12.2 Å². The molecule has 0 aromatic heterocycles. The lowest BCUT2D eigenvalue weighted by Gasteiger charge is -2.26. The molecule has 0 radical (unpaired) electrons. The molecule has 2 aromatic carbocycles. The van der Waals surface area contributed by atoms with E-state index in [-0.39, 0.29) is 5.78 Å². The Kier molecular flexibility index (Phi) is 3.36. The molecule has 1 unspecified atom stereocenters. The van der Waals surface area contributed by atoms with Gasteiger partial charge in [-0.1, -0.05) is 35.9 Å². The second kappa shape index (κ2) is 5.17. The molecule has 0 aliphatic carbocycles. The van der Waals surface area contributed by atoms with Gasteiger partial charge in [-0.3, -0.25) is 4.79 Å². The Bertz CT molecular complexity index is 669. The fourth-order valence-electron chi connectivity index (χ4n) is 2.19. The van der Waals surface area contributed by atoms with Crippen LogP contribution < -0.4 is 10.1 Å². The van der Waals surface area contributed by atoms with E-state index in [0.29, 0.717) is 22.9 Å². The topological polar surface area (TPSA) is 38.3 Å². The van der Waals surface area contributed by atoms with E-state index in [4.69, 9.17) is 16.3 Å². The summed E-state index contributed by atoms with van der Waals surface area (Å²) in [6, 6.07) is 12.9. The van der Waals surface area contributed by atoms with Crippen LogP contribution in [0.5, 0.6) is 5.75 Å². The summed E-state index contributed by atoms with van der Waals surface area (Å²) < 4.78 is 5.76. The van der Waals surface area contributed by atoms with Gasteiger partial charge in [-0.05, 0) is 30.7 Å². The molecule has 3 nitrogen and oxygen atoms in total. The first-order valence-corrected chi connectivity index (χ1v) is 6.83. The Hall–Kier alpha value is -2.00. The highest BCUT2D eigenvalue weighted by Crippen LogP contribution is 2.29. The first kappa shape index (κ1) is 13.0. The van der Waals surface area contributed by atoms with Gasteiger partial charge in [0, 0.05) is 10.6 Å². The third-order valence-corrected chi connectivity index (χ3v) is 3.79. The molecule has 4 heteroatoms. The summed E-state index contributed by atoms with van der Waals surface area (Å²) in [5.41, 5.74) is 2.45. The second-order valence-electron chi connectivity index (χ2n) is 4.81. The minimum Gasteiger partial charge on any atom is -0.478 e. The van der Waals surface area contributed by atoms with Crippen molar-refractivity contribution in [2.45, 2.75) is 13.0 Å². The highest BCUT2D eigenvalue weighted by molar-refractivity contribution is 6.31. The Morgan fingerprint density at radius 3 is 2.90 bits per heavy atom. The van der Waals surface area contributed by atoms with Crippen molar-refractivity contribution in [1.82, 2.24) is 0 Å². The lowest BCUT2D eigenvalue weighted by molar-refractivity contribution is 0.0801. The summed E-state index contributed by atoms with van der Waals surface area (Å²) >= 11 is 6.07. The molecule has 2 aromatic rings. The number of rotatable bonds is 2. The highest BCUT2D eigenvalue weighted by Gasteiger charge is 2.26. The van der Waals surface area contributed by atoms with Crippen LogP contribution in [0.2, 0.25) is 5.02 Å². The standard InChI is InChI=1S/C16H14ClNO2/c1-10-6-7-11(8-12(10)17)16(19)15-9-18-13-4-2-3-5-14(13)20-15/h2-8,15,18H,9H2,1H3. The van der Waals surface area contributed by atoms with Gasteiger partial charge in [-0.25, -0.2) is 0 Å². The first-order chi connectivity index (χ1) is 9.65. The van der Waals surface area contributed by atoms with E-state index < -0.39 is 6.10 Å². The molecule has 0 fully saturated rings. The summed E-state index contributed by atoms with van der Waals surface area (Å²) in [7, 11) is 0. The maximum Gasteiger partial charge on any atom is 0.205 e. The number of nitrogens with one attached hydrogen (secondary N) is 1. The number of carbonyl (C=O) groups is 1. The van der Waals surface area contributed by atoms with Gasteiger partial charge in [0.25, 0.3) is 0 Å². The van der Waals surface area contributed by atoms with Crippen molar-refractivity contribution in [1.29, 1.82) is 0 Å². The van der Waals surface area contributed by atoms with Crippen molar-refractivity contribution in [2.24, 2.45) is 0 Å². The average molecular weight is 288 g/mol. The number of ketones is 1. The minimum atomic E-state index is -0.524. The highest BCUT2D eigenvalue weighted by atomic mass is 35.5. The van der Waals surface area contributed by atoms with Crippen LogP contribution in [-0.4, -0.2) is 18.4 Å². The molecule has 1 aliphatic heterocycles. The Morgan fingerprint density at radius 1 is 1.30 bits per heavy atom. The molecule has 1 heterocycles. The third kappa shape index (κ3) is 2.37. The zero-order valence-electron chi connectivity index (χ0n) is 11.0. The number of hydrogen-bond donors (Lipinski definition) is 1. The molecule has 0 saturated heterocycles. The van der Waals surface area contributed by atoms with Crippen LogP contribution >= 0.6 is 11.6 Å². The molecule has 0 amide bonds. The molecule has 102 valence electrons. The zero-order valence-corrected chi connectivity index (χ0v) is 11.8. The van der Waals surface area contributed by atoms with Crippen LogP contribution in [0, 0.1) is 6.92 Å². The van der Waals surface area contributed by atoms with Gasteiger partial charge in [0.2, 0.25) is 5.78 Å². The van der Waals surface area contributed by atoms with E-state index in [1.807, 2.05) is 37.3 Å². The summed E-state index contributed by atoms with van der Waals surface area (Å²) in [6.07, 6.45) is -0.524. The van der Waals surface area contributed by atoms with Crippen molar-refractivity contribution >= 4 is 23.1 Å². The lowest BCUT2D eigenvalue weighted by Crippen LogP contribution is -2.37. The molecule has 0 spiro atoms. The number of hydrogen-bond acceptors (Lipinski definition) is 3. The number of para-hydroxylation sites is 2. The predicted molar refractivity (Wildman–Crippen MR) is 79.9 cm³/mol. The Morgan fingerprint density at radius 2 is 2.10 bits per heavy atom. The van der Waals surface area contributed by atoms with Crippen molar-refractivity contribution in [3.8, 4) is 5.75 Å². The fourth-order valence-corrected chi connectivity index (χ4v) is 2.37. The molecule has 1 atom stereocenters. The number of ether oxygens (including phenoxy) is 1. The van der Waals surface area contributed by atoms with E-state index >= 15 is 0 Å². The summed E-state index contributed by atoms with van der Waals surface area (Å²) in [5, 5.41) is 3.81. The van der Waals surface area contributed by atoms with E-state index in [0.717, 1.165) is 11.3 Å². The zero-order chi connectivity index (χ0) is 14.1. The van der Waals surface area contributed by atoms with E-state index in [2.05, 4.69) is 5.32 Å². The van der Waals surface area contributed by atoms with Gasteiger partial charge in [0.15, 0.2) is 6.10 Å². The van der Waals surface area contributed by atoms with Crippen LogP contribution in [0.3, 0.4) is 0 Å². The van der Waals surface area contributed by atoms with E-state index in [1.54, 1.807) is 12.1 Å². The number of halogens is 1. The lowest BCUT2D eigenvalue weighted by atomic mass is 10.0. The van der Waals surface area contributed by atoms with Gasteiger partial charge in [-0.15, -0.1) is 0 Å². The van der Waals surface area contributed by atoms with Crippen molar-refractivity contribution < 1.29 is 9.53 Å². The molecular weight excluding hydrogens is 274 g/mol. The van der Waals surface area contributed by atoms with Crippen molar-refractivity contribution in [3.63, 3.8) is 0 Å². The number of carbonyl (C=O) groups excluding carboxylic acids is 1. The Balaban J connectivity index is 1.84. The largest absolute Gasteiger partial charge is 0.478 e. The minimum absolute atomic E-state index is 0.0612. The molecule has 20 heavy (non-hydrogen) atoms. The Labute approximate surface area is 122 Å². The monoisotopic (exact) mass is 287 g/mol. The smallest absolute Gasteiger partial charge is 0.205 e.